The molecule has 5 heteroatoms. The maximum Gasteiger partial charge on any atom is 0.252 e. The van der Waals surface area contributed by atoms with E-state index in [1.54, 1.807) is 0 Å². The van der Waals surface area contributed by atoms with Crippen molar-refractivity contribution in [3.8, 4) is 0 Å². The molecule has 0 radical (unpaired) electrons. The van der Waals surface area contributed by atoms with Gasteiger partial charge in [-0.05, 0) is 49.2 Å². The van der Waals surface area contributed by atoms with Gasteiger partial charge in [0.1, 0.15) is 0 Å². The molecule has 2 heterocycles. The number of aryl methyl sites for hydroxylation is 1. The molecule has 27 heavy (non-hydrogen) atoms. The molecule has 1 aliphatic heterocycles. The van der Waals surface area contributed by atoms with Crippen LogP contribution in [0.3, 0.4) is 0 Å². The lowest BCUT2D eigenvalue weighted by Gasteiger charge is -2.37. The molecule has 1 atom stereocenters. The lowest BCUT2D eigenvalue weighted by atomic mass is 10.0. The minimum absolute atomic E-state index is 0.0328. The molecular weight excluding hydrogens is 336 g/mol. The van der Waals surface area contributed by atoms with Gasteiger partial charge >= 0.3 is 0 Å². The fraction of sp³-hybridized carbons (Fsp3) is 0.318. The molecule has 5 nitrogen and oxygen atoms in total. The Hall–Kier alpha value is -2.79. The van der Waals surface area contributed by atoms with E-state index in [-0.39, 0.29) is 11.9 Å². The van der Waals surface area contributed by atoms with Crippen LogP contribution in [0.25, 0.3) is 10.9 Å². The number of benzene rings is 2. The van der Waals surface area contributed by atoms with Crippen molar-refractivity contribution in [2.75, 3.05) is 25.0 Å². The summed E-state index contributed by atoms with van der Waals surface area (Å²) in [6.07, 6.45) is 1.93. The van der Waals surface area contributed by atoms with Crippen molar-refractivity contribution < 1.29 is 4.79 Å². The lowest BCUT2D eigenvalue weighted by molar-refractivity contribution is 0.0939. The molecule has 1 saturated heterocycles. The van der Waals surface area contributed by atoms with Gasteiger partial charge in [0.2, 0.25) is 0 Å². The zero-order valence-corrected chi connectivity index (χ0v) is 16.0. The Morgan fingerprint density at radius 3 is 2.78 bits per heavy atom. The number of hydrogen-bond donors (Lipinski definition) is 3. The topological polar surface area (TPSA) is 60.2 Å². The molecule has 0 spiro atoms. The molecule has 1 aromatic heterocycles. The first kappa shape index (κ1) is 17.6. The average Bonchev–Trinajstić information content (AvgIpc) is 3.09. The number of aromatic nitrogens is 1. The number of carbonyl (C=O) groups is 1. The SMILES string of the molecule is Cc1ccc(N(C)C2CNC2)cc1C(=O)N[C@H](C)c1cccc2[nH]ccc12. The third-order valence-corrected chi connectivity index (χ3v) is 5.62. The fourth-order valence-corrected chi connectivity index (χ4v) is 3.67. The number of likely N-dealkylation sites (N-methyl/N-ethyl adjacent to an activating group) is 1. The molecule has 3 N–H and O–H groups in total. The number of H-pyrrole nitrogens is 1. The summed E-state index contributed by atoms with van der Waals surface area (Å²) in [4.78, 5) is 18.5. The highest BCUT2D eigenvalue weighted by molar-refractivity contribution is 5.97. The Morgan fingerprint density at radius 2 is 2.04 bits per heavy atom. The maximum absolute atomic E-state index is 13.0. The monoisotopic (exact) mass is 362 g/mol. The molecule has 1 amide bonds. The van der Waals surface area contributed by atoms with E-state index in [2.05, 4.69) is 45.8 Å². The molecule has 0 aliphatic carbocycles. The minimum atomic E-state index is -0.0754. The van der Waals surface area contributed by atoms with Crippen LogP contribution in [0.1, 0.15) is 34.5 Å². The van der Waals surface area contributed by atoms with Crippen molar-refractivity contribution in [3.63, 3.8) is 0 Å². The highest BCUT2D eigenvalue weighted by Gasteiger charge is 2.23. The Kier molecular flexibility index (Phi) is 4.62. The van der Waals surface area contributed by atoms with E-state index in [1.165, 1.54) is 0 Å². The quantitative estimate of drug-likeness (QED) is 0.652. The number of fused-ring (bicyclic) bond motifs is 1. The molecule has 0 bridgehead atoms. The van der Waals surface area contributed by atoms with Gasteiger partial charge in [0, 0.05) is 48.5 Å². The Labute approximate surface area is 159 Å². The molecule has 0 unspecified atom stereocenters. The molecular formula is C22H26N4O. The Bertz CT molecular complexity index is 973. The van der Waals surface area contributed by atoms with Crippen LogP contribution in [-0.2, 0) is 0 Å². The Balaban J connectivity index is 1.56. The van der Waals surface area contributed by atoms with Crippen LogP contribution >= 0.6 is 0 Å². The molecule has 0 saturated carbocycles. The second-order valence-electron chi connectivity index (χ2n) is 7.40. The van der Waals surface area contributed by atoms with Crippen LogP contribution in [0.15, 0.2) is 48.7 Å². The number of nitrogens with zero attached hydrogens (tertiary/aromatic N) is 1. The van der Waals surface area contributed by atoms with Crippen molar-refractivity contribution in [2.24, 2.45) is 0 Å². The average molecular weight is 362 g/mol. The van der Waals surface area contributed by atoms with Crippen LogP contribution in [0.5, 0.6) is 0 Å². The number of aromatic amines is 1. The van der Waals surface area contributed by atoms with Gasteiger partial charge in [0.25, 0.3) is 5.91 Å². The predicted molar refractivity (Wildman–Crippen MR) is 110 cm³/mol. The number of carbonyl (C=O) groups excluding carboxylic acids is 1. The molecule has 1 aliphatic rings. The van der Waals surface area contributed by atoms with Crippen molar-refractivity contribution in [3.05, 3.63) is 65.4 Å². The lowest BCUT2D eigenvalue weighted by Crippen LogP contribution is -2.56. The largest absolute Gasteiger partial charge is 0.369 e. The van der Waals surface area contributed by atoms with Crippen molar-refractivity contribution in [2.45, 2.75) is 25.9 Å². The van der Waals surface area contributed by atoms with E-state index < -0.39 is 0 Å². The first-order valence-corrected chi connectivity index (χ1v) is 9.45. The first-order valence-electron chi connectivity index (χ1n) is 9.45. The Morgan fingerprint density at radius 1 is 1.22 bits per heavy atom. The summed E-state index contributed by atoms with van der Waals surface area (Å²) in [5.41, 5.74) is 5.01. The summed E-state index contributed by atoms with van der Waals surface area (Å²) >= 11 is 0. The van der Waals surface area contributed by atoms with Crippen molar-refractivity contribution >= 4 is 22.5 Å². The van der Waals surface area contributed by atoms with E-state index in [1.807, 2.05) is 44.3 Å². The maximum atomic E-state index is 13.0. The van der Waals surface area contributed by atoms with Crippen LogP contribution in [0, 0.1) is 6.92 Å². The second-order valence-corrected chi connectivity index (χ2v) is 7.40. The van der Waals surface area contributed by atoms with Gasteiger partial charge in [-0.3, -0.25) is 4.79 Å². The van der Waals surface area contributed by atoms with Crippen LogP contribution in [-0.4, -0.2) is 37.1 Å². The first-order chi connectivity index (χ1) is 13.0. The van der Waals surface area contributed by atoms with Crippen molar-refractivity contribution in [1.29, 1.82) is 0 Å². The number of nitrogens with one attached hydrogen (secondary N) is 3. The van der Waals surface area contributed by atoms with E-state index >= 15 is 0 Å². The van der Waals surface area contributed by atoms with Gasteiger partial charge in [-0.1, -0.05) is 18.2 Å². The third-order valence-electron chi connectivity index (χ3n) is 5.62. The molecule has 2 aromatic carbocycles. The zero-order valence-electron chi connectivity index (χ0n) is 16.0. The molecule has 140 valence electrons. The van der Waals surface area contributed by atoms with Crippen LogP contribution < -0.4 is 15.5 Å². The summed E-state index contributed by atoms with van der Waals surface area (Å²) in [6, 6.07) is 14.7. The summed E-state index contributed by atoms with van der Waals surface area (Å²) in [6.45, 7) is 6.00. The van der Waals surface area contributed by atoms with E-state index in [0.29, 0.717) is 6.04 Å². The van der Waals surface area contributed by atoms with Crippen molar-refractivity contribution in [1.82, 2.24) is 15.6 Å². The van der Waals surface area contributed by atoms with E-state index in [4.69, 9.17) is 0 Å². The van der Waals surface area contributed by atoms with Gasteiger partial charge < -0.3 is 20.5 Å². The van der Waals surface area contributed by atoms with E-state index in [0.717, 1.165) is 46.4 Å². The smallest absolute Gasteiger partial charge is 0.252 e. The number of amides is 1. The molecule has 3 aromatic rings. The summed E-state index contributed by atoms with van der Waals surface area (Å²) in [7, 11) is 2.09. The minimum Gasteiger partial charge on any atom is -0.369 e. The zero-order chi connectivity index (χ0) is 19.0. The molecule has 1 fully saturated rings. The van der Waals surface area contributed by atoms with Gasteiger partial charge in [-0.25, -0.2) is 0 Å². The number of hydrogen-bond acceptors (Lipinski definition) is 3. The fourth-order valence-electron chi connectivity index (χ4n) is 3.67. The highest BCUT2D eigenvalue weighted by atomic mass is 16.1. The predicted octanol–water partition coefficient (Wildman–Crippen LogP) is 3.38. The standard InChI is InChI=1S/C22H26N4O/c1-14-7-8-16(26(3)17-12-23-13-17)11-20(14)22(27)25-15(2)18-5-4-6-21-19(18)9-10-24-21/h4-11,15,17,23-24H,12-13H2,1-3H3,(H,25,27)/t15-/m1/s1. The van der Waals surface area contributed by atoms with Crippen LogP contribution in [0.4, 0.5) is 5.69 Å². The van der Waals surface area contributed by atoms with Gasteiger partial charge in [-0.15, -0.1) is 0 Å². The highest BCUT2D eigenvalue weighted by Crippen LogP contribution is 2.25. The van der Waals surface area contributed by atoms with Crippen LogP contribution in [0.2, 0.25) is 0 Å². The van der Waals surface area contributed by atoms with Gasteiger partial charge in [0.15, 0.2) is 0 Å². The molecule has 4 rings (SSSR count). The number of anilines is 1. The van der Waals surface area contributed by atoms with E-state index in [9.17, 15) is 4.79 Å². The second kappa shape index (κ2) is 7.08. The summed E-state index contributed by atoms with van der Waals surface area (Å²) < 4.78 is 0. The third kappa shape index (κ3) is 3.30. The summed E-state index contributed by atoms with van der Waals surface area (Å²) in [5, 5.41) is 7.61. The normalized spacial score (nSPS) is 15.4. The van der Waals surface area contributed by atoms with Gasteiger partial charge in [-0.2, -0.15) is 0 Å². The van der Waals surface area contributed by atoms with Gasteiger partial charge in [0.05, 0.1) is 12.1 Å². The number of rotatable bonds is 5. The summed E-state index contributed by atoms with van der Waals surface area (Å²) in [5.74, 6) is -0.0328.